The largest absolute Gasteiger partial charge is 0.369 e. The van der Waals surface area contributed by atoms with E-state index < -0.39 is 0 Å². The zero-order valence-corrected chi connectivity index (χ0v) is 15.8. The fourth-order valence-corrected chi connectivity index (χ4v) is 4.48. The van der Waals surface area contributed by atoms with Crippen LogP contribution in [0.4, 0.5) is 0 Å². The van der Waals surface area contributed by atoms with Gasteiger partial charge in [-0.25, -0.2) is 0 Å². The van der Waals surface area contributed by atoms with E-state index in [0.29, 0.717) is 0 Å². The lowest BCUT2D eigenvalue weighted by Gasteiger charge is -2.39. The van der Waals surface area contributed by atoms with Gasteiger partial charge in [-0.2, -0.15) is 0 Å². The number of carbonyl (C=O) groups is 1. The molecule has 0 radical (unpaired) electrons. The third-order valence-electron chi connectivity index (χ3n) is 5.74. The number of likely N-dealkylation sites (tertiary alicyclic amines) is 1. The van der Waals surface area contributed by atoms with Crippen LogP contribution in [-0.2, 0) is 4.74 Å². The van der Waals surface area contributed by atoms with E-state index in [1.807, 2.05) is 35.2 Å². The summed E-state index contributed by atoms with van der Waals surface area (Å²) in [6.45, 7) is 2.48. The quantitative estimate of drug-likeness (QED) is 0.847. The monoisotopic (exact) mass is 352 g/mol. The Morgan fingerprint density at radius 2 is 2.00 bits per heavy atom. The normalized spacial score (nSPS) is 26.1. The zero-order chi connectivity index (χ0) is 18.1. The van der Waals surface area contributed by atoms with Crippen LogP contribution in [-0.4, -0.2) is 61.1 Å². The second-order valence-corrected chi connectivity index (χ2v) is 8.12. The molecule has 26 heavy (non-hydrogen) atoms. The molecule has 0 bridgehead atoms. The highest BCUT2D eigenvalue weighted by Gasteiger charge is 2.44. The van der Waals surface area contributed by atoms with Gasteiger partial charge in [-0.15, -0.1) is 0 Å². The molecular weight excluding hydrogens is 324 g/mol. The Kier molecular flexibility index (Phi) is 4.72. The van der Waals surface area contributed by atoms with Crippen LogP contribution in [0.25, 0.3) is 10.8 Å². The molecule has 2 aromatic rings. The van der Waals surface area contributed by atoms with E-state index in [4.69, 9.17) is 4.74 Å². The number of nitrogens with zero attached hydrogens (tertiary/aromatic N) is 2. The predicted molar refractivity (Wildman–Crippen MR) is 104 cm³/mol. The maximum atomic E-state index is 13.0. The SMILES string of the molecule is CN(C)C[C@@H]1CCC[C@@]2(CCN(C(=O)c3ccc4ccccc4c3)C2)O1. The third kappa shape index (κ3) is 3.49. The van der Waals surface area contributed by atoms with Crippen molar-refractivity contribution >= 4 is 16.7 Å². The first-order chi connectivity index (χ1) is 12.5. The molecule has 2 saturated heterocycles. The molecule has 4 nitrogen and oxygen atoms in total. The van der Waals surface area contributed by atoms with E-state index in [0.717, 1.165) is 49.8 Å². The van der Waals surface area contributed by atoms with E-state index in [1.165, 1.54) is 11.8 Å². The second kappa shape index (κ2) is 7.01. The van der Waals surface area contributed by atoms with Gasteiger partial charge in [0.2, 0.25) is 0 Å². The first-order valence-electron chi connectivity index (χ1n) is 9.65. The minimum Gasteiger partial charge on any atom is -0.369 e. The number of hydrogen-bond acceptors (Lipinski definition) is 3. The number of fused-ring (bicyclic) bond motifs is 1. The smallest absolute Gasteiger partial charge is 0.253 e. The fraction of sp³-hybridized carbons (Fsp3) is 0.500. The Hall–Kier alpha value is -1.91. The fourth-order valence-electron chi connectivity index (χ4n) is 4.48. The summed E-state index contributed by atoms with van der Waals surface area (Å²) in [7, 11) is 4.18. The summed E-state index contributed by atoms with van der Waals surface area (Å²) in [5.74, 6) is 0.131. The van der Waals surface area contributed by atoms with Crippen molar-refractivity contribution < 1.29 is 9.53 Å². The van der Waals surface area contributed by atoms with Crippen molar-refractivity contribution in [2.75, 3.05) is 33.7 Å². The number of amides is 1. The van der Waals surface area contributed by atoms with Crippen LogP contribution < -0.4 is 0 Å². The first-order valence-corrected chi connectivity index (χ1v) is 9.65. The summed E-state index contributed by atoms with van der Waals surface area (Å²) < 4.78 is 6.50. The van der Waals surface area contributed by atoms with Crippen molar-refractivity contribution in [3.8, 4) is 0 Å². The molecule has 2 atom stereocenters. The number of rotatable bonds is 3. The van der Waals surface area contributed by atoms with Gasteiger partial charge >= 0.3 is 0 Å². The molecule has 2 aliphatic heterocycles. The topological polar surface area (TPSA) is 32.8 Å². The van der Waals surface area contributed by atoms with Crippen LogP contribution in [0.15, 0.2) is 42.5 Å². The highest BCUT2D eigenvalue weighted by molar-refractivity contribution is 5.98. The van der Waals surface area contributed by atoms with Gasteiger partial charge in [-0.1, -0.05) is 30.3 Å². The van der Waals surface area contributed by atoms with Crippen LogP contribution in [0, 0.1) is 0 Å². The van der Waals surface area contributed by atoms with Crippen molar-refractivity contribution in [2.45, 2.75) is 37.4 Å². The first kappa shape index (κ1) is 17.5. The highest BCUT2D eigenvalue weighted by Crippen LogP contribution is 2.37. The average molecular weight is 352 g/mol. The molecule has 0 N–H and O–H groups in total. The molecule has 0 aromatic heterocycles. The van der Waals surface area contributed by atoms with Gasteiger partial charge in [-0.3, -0.25) is 4.79 Å². The van der Waals surface area contributed by atoms with Crippen molar-refractivity contribution in [1.82, 2.24) is 9.80 Å². The Balaban J connectivity index is 1.48. The standard InChI is InChI=1S/C22H28N2O2/c1-23(2)15-20-8-5-11-22(26-20)12-13-24(16-22)21(25)19-10-9-17-6-3-4-7-18(17)14-19/h3-4,6-7,9-10,14,20H,5,8,11-13,15-16H2,1-2H3/t20-,22-/m0/s1. The molecule has 2 heterocycles. The lowest BCUT2D eigenvalue weighted by molar-refractivity contribution is -0.124. The van der Waals surface area contributed by atoms with E-state index in [2.05, 4.69) is 31.1 Å². The number of carbonyl (C=O) groups excluding carboxylic acids is 1. The van der Waals surface area contributed by atoms with Crippen LogP contribution in [0.1, 0.15) is 36.0 Å². The maximum absolute atomic E-state index is 13.0. The van der Waals surface area contributed by atoms with Crippen LogP contribution >= 0.6 is 0 Å². The van der Waals surface area contributed by atoms with Crippen molar-refractivity contribution in [3.63, 3.8) is 0 Å². The number of benzene rings is 2. The highest BCUT2D eigenvalue weighted by atomic mass is 16.5. The number of ether oxygens (including phenoxy) is 1. The van der Waals surface area contributed by atoms with Gasteiger partial charge in [0.25, 0.3) is 5.91 Å². The zero-order valence-electron chi connectivity index (χ0n) is 15.8. The van der Waals surface area contributed by atoms with Crippen molar-refractivity contribution in [3.05, 3.63) is 48.0 Å². The second-order valence-electron chi connectivity index (χ2n) is 8.12. The Morgan fingerprint density at radius 1 is 1.19 bits per heavy atom. The van der Waals surface area contributed by atoms with Crippen LogP contribution in [0.5, 0.6) is 0 Å². The summed E-state index contributed by atoms with van der Waals surface area (Å²) in [6, 6.07) is 14.2. The van der Waals surface area contributed by atoms with Crippen LogP contribution in [0.3, 0.4) is 0 Å². The summed E-state index contributed by atoms with van der Waals surface area (Å²) in [5.41, 5.74) is 0.646. The molecule has 138 valence electrons. The van der Waals surface area contributed by atoms with E-state index in [1.54, 1.807) is 0 Å². The van der Waals surface area contributed by atoms with Gasteiger partial charge in [0.15, 0.2) is 0 Å². The maximum Gasteiger partial charge on any atom is 0.253 e. The molecule has 1 spiro atoms. The molecular formula is C22H28N2O2. The third-order valence-corrected chi connectivity index (χ3v) is 5.74. The molecule has 0 unspecified atom stereocenters. The van der Waals surface area contributed by atoms with Gasteiger partial charge in [0.1, 0.15) is 0 Å². The van der Waals surface area contributed by atoms with Crippen molar-refractivity contribution in [2.24, 2.45) is 0 Å². The lowest BCUT2D eigenvalue weighted by atomic mass is 9.90. The van der Waals surface area contributed by atoms with E-state index >= 15 is 0 Å². The molecule has 2 fully saturated rings. The minimum absolute atomic E-state index is 0.131. The molecule has 0 saturated carbocycles. The summed E-state index contributed by atoms with van der Waals surface area (Å²) in [6.07, 6.45) is 4.62. The average Bonchev–Trinajstić information content (AvgIpc) is 3.03. The summed E-state index contributed by atoms with van der Waals surface area (Å²) >= 11 is 0. The number of hydrogen-bond donors (Lipinski definition) is 0. The lowest BCUT2D eigenvalue weighted by Crippen LogP contribution is -2.46. The number of likely N-dealkylation sites (N-methyl/N-ethyl adjacent to an activating group) is 1. The summed E-state index contributed by atoms with van der Waals surface area (Å²) in [4.78, 5) is 17.2. The van der Waals surface area contributed by atoms with Gasteiger partial charge in [0.05, 0.1) is 18.2 Å². The van der Waals surface area contributed by atoms with Gasteiger partial charge in [-0.05, 0) is 62.7 Å². The van der Waals surface area contributed by atoms with Gasteiger partial charge < -0.3 is 14.5 Å². The molecule has 1 amide bonds. The molecule has 4 rings (SSSR count). The van der Waals surface area contributed by atoms with Crippen LogP contribution in [0.2, 0.25) is 0 Å². The minimum atomic E-state index is -0.133. The molecule has 0 aliphatic carbocycles. The van der Waals surface area contributed by atoms with E-state index in [9.17, 15) is 4.79 Å². The van der Waals surface area contributed by atoms with E-state index in [-0.39, 0.29) is 17.6 Å². The van der Waals surface area contributed by atoms with Gasteiger partial charge in [0, 0.05) is 18.7 Å². The molecule has 2 aromatic carbocycles. The summed E-state index contributed by atoms with van der Waals surface area (Å²) in [5, 5.41) is 2.29. The Morgan fingerprint density at radius 3 is 2.81 bits per heavy atom. The van der Waals surface area contributed by atoms with Crippen molar-refractivity contribution in [1.29, 1.82) is 0 Å². The molecule has 4 heteroatoms. The Labute approximate surface area is 155 Å². The Bertz CT molecular complexity index is 804. The predicted octanol–water partition coefficient (Wildman–Crippen LogP) is 3.56. The molecule has 2 aliphatic rings.